The van der Waals surface area contributed by atoms with E-state index in [1.165, 1.54) is 0 Å². The van der Waals surface area contributed by atoms with E-state index in [4.69, 9.17) is 12.2 Å². The van der Waals surface area contributed by atoms with Gasteiger partial charge in [-0.15, -0.1) is 0 Å². The molecule has 0 spiro atoms. The maximum absolute atomic E-state index is 13.5. The van der Waals surface area contributed by atoms with Crippen molar-refractivity contribution in [2.45, 2.75) is 43.9 Å². The van der Waals surface area contributed by atoms with Gasteiger partial charge in [0.2, 0.25) is 15.0 Å². The number of aromatic nitrogens is 2. The van der Waals surface area contributed by atoms with Crippen LogP contribution in [0.3, 0.4) is 0 Å². The first-order chi connectivity index (χ1) is 16.7. The predicted molar refractivity (Wildman–Crippen MR) is 145 cm³/mol. The van der Waals surface area contributed by atoms with Gasteiger partial charge in [0.15, 0.2) is 5.11 Å². The van der Waals surface area contributed by atoms with E-state index in [1.54, 1.807) is 6.20 Å². The first-order valence-electron chi connectivity index (χ1n) is 11.7. The maximum Gasteiger partial charge on any atom is 0.228 e. The molecule has 0 radical (unpaired) electrons. The van der Waals surface area contributed by atoms with E-state index in [2.05, 4.69) is 20.1 Å². The largest absolute Gasteiger partial charge is 0.360 e. The Morgan fingerprint density at radius 3 is 2.17 bits per heavy atom. The van der Waals surface area contributed by atoms with Crippen molar-refractivity contribution in [3.63, 3.8) is 0 Å². The Balaban J connectivity index is 1.98. The number of nitrogens with one attached hydrogen (secondary N) is 1. The van der Waals surface area contributed by atoms with Crippen LogP contribution in [0.25, 0.3) is 0 Å². The quantitative estimate of drug-likeness (QED) is 0.393. The molecule has 188 valence electrons. The van der Waals surface area contributed by atoms with Crippen molar-refractivity contribution >= 4 is 27.2 Å². The minimum atomic E-state index is -3.67. The Morgan fingerprint density at radius 2 is 1.60 bits per heavy atom. The van der Waals surface area contributed by atoms with Crippen molar-refractivity contribution in [3.8, 4) is 0 Å². The number of hydrogen-bond acceptors (Lipinski definition) is 5. The Bertz CT molecular complexity index is 1190. The molecule has 7 nitrogen and oxygen atoms in total. The van der Waals surface area contributed by atoms with Crippen LogP contribution in [-0.4, -0.2) is 66.1 Å². The normalized spacial score (nSPS) is 11.7. The molecule has 0 aliphatic heterocycles. The van der Waals surface area contributed by atoms with Gasteiger partial charge in [0, 0.05) is 19.1 Å². The van der Waals surface area contributed by atoms with E-state index in [9.17, 15) is 8.42 Å². The lowest BCUT2D eigenvalue weighted by molar-refractivity contribution is 0.316. The third-order valence-corrected chi connectivity index (χ3v) is 7.40. The number of likely N-dealkylation sites (N-methyl/N-ethyl adjacent to an activating group) is 1. The second-order valence-corrected chi connectivity index (χ2v) is 11.4. The van der Waals surface area contributed by atoms with Crippen LogP contribution in [-0.2, 0) is 28.7 Å². The standard InChI is InChI=1S/C26H35N5O2S2/c1-21(2)28-25(34)30(16-15-29(3)4)19-24-17-27-26(31(24)18-22-11-7-5-8-12-22)35(32,33)20-23-13-9-6-10-14-23/h5-14,17,21H,15-16,18-20H2,1-4H3,(H,28,34). The van der Waals surface area contributed by atoms with E-state index < -0.39 is 9.84 Å². The van der Waals surface area contributed by atoms with Crippen LogP contribution in [0, 0.1) is 0 Å². The highest BCUT2D eigenvalue weighted by molar-refractivity contribution is 7.90. The topological polar surface area (TPSA) is 70.5 Å². The lowest BCUT2D eigenvalue weighted by Crippen LogP contribution is -2.45. The molecule has 0 bridgehead atoms. The summed E-state index contributed by atoms with van der Waals surface area (Å²) in [6.07, 6.45) is 1.67. The smallest absolute Gasteiger partial charge is 0.228 e. The summed E-state index contributed by atoms with van der Waals surface area (Å²) in [5, 5.41) is 4.04. The van der Waals surface area contributed by atoms with E-state index in [-0.39, 0.29) is 17.0 Å². The molecular formula is C26H35N5O2S2. The summed E-state index contributed by atoms with van der Waals surface area (Å²) in [4.78, 5) is 8.59. The fraction of sp³-hybridized carbons (Fsp3) is 0.385. The summed E-state index contributed by atoms with van der Waals surface area (Å²) in [6, 6.07) is 19.2. The summed E-state index contributed by atoms with van der Waals surface area (Å²) in [5.74, 6) is -0.100. The number of thiocarbonyl (C=S) groups is 1. The third-order valence-electron chi connectivity index (χ3n) is 5.43. The van der Waals surface area contributed by atoms with Gasteiger partial charge >= 0.3 is 0 Å². The zero-order chi connectivity index (χ0) is 25.4. The van der Waals surface area contributed by atoms with Crippen molar-refractivity contribution in [2.24, 2.45) is 0 Å². The van der Waals surface area contributed by atoms with Crippen LogP contribution in [0.1, 0.15) is 30.7 Å². The summed E-state index contributed by atoms with van der Waals surface area (Å²) in [7, 11) is 0.370. The Hall–Kier alpha value is -2.75. The molecule has 0 aliphatic rings. The maximum atomic E-state index is 13.5. The Morgan fingerprint density at radius 1 is 1.00 bits per heavy atom. The van der Waals surface area contributed by atoms with Gasteiger partial charge in [-0.25, -0.2) is 13.4 Å². The molecule has 0 aliphatic carbocycles. The van der Waals surface area contributed by atoms with Gasteiger partial charge in [0.25, 0.3) is 0 Å². The third kappa shape index (κ3) is 7.88. The van der Waals surface area contributed by atoms with Crippen LogP contribution in [0.2, 0.25) is 0 Å². The number of hydrogen-bond donors (Lipinski definition) is 1. The zero-order valence-corrected chi connectivity index (χ0v) is 22.5. The molecule has 3 rings (SSSR count). The van der Waals surface area contributed by atoms with Gasteiger partial charge in [-0.05, 0) is 51.3 Å². The highest BCUT2D eigenvalue weighted by Gasteiger charge is 2.25. The van der Waals surface area contributed by atoms with Crippen molar-refractivity contribution in [3.05, 3.63) is 83.7 Å². The summed E-state index contributed by atoms with van der Waals surface area (Å²) in [6.45, 7) is 6.47. The number of nitrogens with zero attached hydrogens (tertiary/aromatic N) is 4. The average Bonchev–Trinajstić information content (AvgIpc) is 3.20. The molecule has 9 heteroatoms. The van der Waals surface area contributed by atoms with Crippen LogP contribution in [0.4, 0.5) is 0 Å². The highest BCUT2D eigenvalue weighted by Crippen LogP contribution is 2.20. The minimum absolute atomic E-state index is 0.0792. The number of rotatable bonds is 11. The first-order valence-corrected chi connectivity index (χ1v) is 13.8. The molecular weight excluding hydrogens is 478 g/mol. The molecule has 0 fully saturated rings. The SMILES string of the molecule is CC(C)NC(=S)N(CCN(C)C)Cc1cnc(S(=O)(=O)Cc2ccccc2)n1Cc1ccccc1. The molecule has 1 N–H and O–H groups in total. The Kier molecular flexibility index (Phi) is 9.42. The molecule has 0 saturated carbocycles. The van der Waals surface area contributed by atoms with Crippen LogP contribution in [0.5, 0.6) is 0 Å². The van der Waals surface area contributed by atoms with Crippen molar-refractivity contribution in [2.75, 3.05) is 27.2 Å². The Labute approximate surface area is 214 Å². The number of benzene rings is 2. The van der Waals surface area contributed by atoms with Gasteiger partial charge in [0.1, 0.15) is 0 Å². The fourth-order valence-corrected chi connectivity index (χ4v) is 5.55. The summed E-state index contributed by atoms with van der Waals surface area (Å²) < 4.78 is 28.7. The molecule has 1 heterocycles. The van der Waals surface area contributed by atoms with Crippen LogP contribution >= 0.6 is 12.2 Å². The molecule has 0 amide bonds. The molecule has 1 aromatic heterocycles. The molecule has 2 aromatic carbocycles. The fourth-order valence-electron chi connectivity index (χ4n) is 3.67. The van der Waals surface area contributed by atoms with Crippen LogP contribution < -0.4 is 5.32 Å². The molecule has 3 aromatic rings. The lowest BCUT2D eigenvalue weighted by atomic mass is 10.2. The number of imidazole rings is 1. The van der Waals surface area contributed by atoms with Gasteiger partial charge in [-0.2, -0.15) is 0 Å². The first kappa shape index (κ1) is 26.8. The monoisotopic (exact) mass is 513 g/mol. The minimum Gasteiger partial charge on any atom is -0.360 e. The lowest BCUT2D eigenvalue weighted by Gasteiger charge is -2.29. The number of sulfone groups is 1. The van der Waals surface area contributed by atoms with Crippen molar-refractivity contribution in [1.29, 1.82) is 0 Å². The average molecular weight is 514 g/mol. The summed E-state index contributed by atoms with van der Waals surface area (Å²) in [5.41, 5.74) is 2.54. The van der Waals surface area contributed by atoms with Gasteiger partial charge in [-0.1, -0.05) is 60.7 Å². The van der Waals surface area contributed by atoms with Crippen LogP contribution in [0.15, 0.2) is 72.0 Å². The van der Waals surface area contributed by atoms with E-state index in [0.29, 0.717) is 24.7 Å². The van der Waals surface area contributed by atoms with Gasteiger partial charge in [0.05, 0.1) is 30.7 Å². The van der Waals surface area contributed by atoms with E-state index >= 15 is 0 Å². The summed E-state index contributed by atoms with van der Waals surface area (Å²) >= 11 is 5.69. The second-order valence-electron chi connectivity index (χ2n) is 9.18. The van der Waals surface area contributed by atoms with Crippen molar-refractivity contribution in [1.82, 2.24) is 24.7 Å². The van der Waals surface area contributed by atoms with Crippen molar-refractivity contribution < 1.29 is 8.42 Å². The zero-order valence-electron chi connectivity index (χ0n) is 20.9. The highest BCUT2D eigenvalue weighted by atomic mass is 32.2. The van der Waals surface area contributed by atoms with Gasteiger partial charge in [-0.3, -0.25) is 0 Å². The predicted octanol–water partition coefficient (Wildman–Crippen LogP) is 3.55. The second kappa shape index (κ2) is 12.3. The molecule has 0 saturated heterocycles. The molecule has 0 atom stereocenters. The molecule has 0 unspecified atom stereocenters. The van der Waals surface area contributed by atoms with E-state index in [0.717, 1.165) is 23.4 Å². The molecule has 35 heavy (non-hydrogen) atoms. The van der Waals surface area contributed by atoms with Gasteiger partial charge < -0.3 is 19.7 Å². The van der Waals surface area contributed by atoms with E-state index in [1.807, 2.05) is 93.2 Å².